The van der Waals surface area contributed by atoms with Crippen molar-refractivity contribution >= 4 is 38.1 Å². The van der Waals surface area contributed by atoms with Crippen LogP contribution in [0.3, 0.4) is 0 Å². The number of carbonyl (C=O) groups is 1. The molecule has 25 heavy (non-hydrogen) atoms. The molecule has 7 nitrogen and oxygen atoms in total. The van der Waals surface area contributed by atoms with Crippen molar-refractivity contribution in [2.45, 2.75) is 4.90 Å². The Hall–Kier alpha value is -2.85. The maximum Gasteiger partial charge on any atom is 0.261 e. The molecule has 0 radical (unpaired) electrons. The molecule has 0 saturated heterocycles. The van der Waals surface area contributed by atoms with Crippen LogP contribution in [0.15, 0.2) is 58.9 Å². The van der Waals surface area contributed by atoms with Gasteiger partial charge in [-0.3, -0.25) is 14.8 Å². The van der Waals surface area contributed by atoms with E-state index in [4.69, 9.17) is 0 Å². The van der Waals surface area contributed by atoms with Gasteiger partial charge in [0.2, 0.25) is 5.13 Å². The van der Waals surface area contributed by atoms with Gasteiger partial charge in [0, 0.05) is 5.56 Å². The number of nitrogens with one attached hydrogen (secondary N) is 2. The number of aromatic nitrogens is 2. The van der Waals surface area contributed by atoms with Crippen LogP contribution < -0.4 is 10.0 Å². The monoisotopic (exact) mass is 378 g/mol. The molecule has 1 aromatic heterocycles. The third-order valence-electron chi connectivity index (χ3n) is 3.13. The summed E-state index contributed by atoms with van der Waals surface area (Å²) in [5.41, 5.74) is 1.57. The van der Waals surface area contributed by atoms with Gasteiger partial charge in [-0.2, -0.15) is 0 Å². The molecule has 0 spiro atoms. The van der Waals surface area contributed by atoms with Gasteiger partial charge in [0.25, 0.3) is 15.9 Å². The lowest BCUT2D eigenvalue weighted by molar-refractivity contribution is 0.102. The molecule has 10 heteroatoms. The minimum Gasteiger partial charge on any atom is -0.296 e. The summed E-state index contributed by atoms with van der Waals surface area (Å²) in [5.74, 6) is -1.12. The molecule has 0 aliphatic rings. The first kappa shape index (κ1) is 17.0. The second kappa shape index (κ2) is 6.95. The van der Waals surface area contributed by atoms with Crippen molar-refractivity contribution in [1.82, 2.24) is 10.2 Å². The zero-order valence-electron chi connectivity index (χ0n) is 12.5. The van der Waals surface area contributed by atoms with E-state index in [2.05, 4.69) is 20.2 Å². The van der Waals surface area contributed by atoms with E-state index in [1.807, 2.05) is 0 Å². The summed E-state index contributed by atoms with van der Waals surface area (Å²) in [6.07, 6.45) is 0. The summed E-state index contributed by atoms with van der Waals surface area (Å²) in [4.78, 5) is 11.9. The molecule has 2 N–H and O–H groups in total. The first-order valence-electron chi connectivity index (χ1n) is 6.91. The van der Waals surface area contributed by atoms with Crippen molar-refractivity contribution in [1.29, 1.82) is 0 Å². The average Bonchev–Trinajstić information content (AvgIpc) is 3.10. The number of sulfonamides is 1. The second-order valence-corrected chi connectivity index (χ2v) is 7.32. The number of carbonyl (C=O) groups excluding carboxylic acids is 1. The van der Waals surface area contributed by atoms with Gasteiger partial charge in [-0.25, -0.2) is 12.8 Å². The normalized spacial score (nSPS) is 11.1. The number of para-hydroxylation sites is 1. The highest BCUT2D eigenvalue weighted by atomic mass is 32.2. The lowest BCUT2D eigenvalue weighted by Crippen LogP contribution is -2.15. The van der Waals surface area contributed by atoms with E-state index in [0.717, 1.165) is 17.4 Å². The van der Waals surface area contributed by atoms with Gasteiger partial charge in [-0.15, -0.1) is 10.2 Å². The third kappa shape index (κ3) is 3.98. The van der Waals surface area contributed by atoms with E-state index in [1.165, 1.54) is 48.0 Å². The predicted molar refractivity (Wildman–Crippen MR) is 91.5 cm³/mol. The van der Waals surface area contributed by atoms with Crippen molar-refractivity contribution < 1.29 is 17.6 Å². The minimum absolute atomic E-state index is 0.0942. The topological polar surface area (TPSA) is 101 Å². The highest BCUT2D eigenvalue weighted by Gasteiger charge is 2.17. The van der Waals surface area contributed by atoms with Crippen molar-refractivity contribution in [2.75, 3.05) is 10.0 Å². The van der Waals surface area contributed by atoms with Gasteiger partial charge < -0.3 is 0 Å². The average molecular weight is 378 g/mol. The largest absolute Gasteiger partial charge is 0.296 e. The first-order valence-corrected chi connectivity index (χ1v) is 9.27. The number of rotatable bonds is 5. The highest BCUT2D eigenvalue weighted by Crippen LogP contribution is 2.19. The Morgan fingerprint density at radius 3 is 2.44 bits per heavy atom. The highest BCUT2D eigenvalue weighted by molar-refractivity contribution is 7.92. The van der Waals surface area contributed by atoms with Gasteiger partial charge in [0.15, 0.2) is 0 Å². The standard InChI is InChI=1S/C15H11FN4O3S2/c16-12-3-1-2-4-13(12)20-25(22,23)11-7-5-10(6-8-11)14(21)18-15-19-17-9-24-15/h1-9,20H,(H,18,19,21). The molecule has 0 aliphatic carbocycles. The van der Waals surface area contributed by atoms with Crippen molar-refractivity contribution in [3.05, 3.63) is 65.4 Å². The summed E-state index contributed by atoms with van der Waals surface area (Å²) < 4.78 is 40.4. The van der Waals surface area contributed by atoms with Crippen molar-refractivity contribution in [2.24, 2.45) is 0 Å². The third-order valence-corrected chi connectivity index (χ3v) is 5.11. The summed E-state index contributed by atoms with van der Waals surface area (Å²) in [7, 11) is -3.97. The Morgan fingerprint density at radius 1 is 1.08 bits per heavy atom. The Balaban J connectivity index is 1.77. The molecule has 3 rings (SSSR count). The first-order chi connectivity index (χ1) is 12.0. The molecule has 0 aliphatic heterocycles. The van der Waals surface area contributed by atoms with Crippen LogP contribution in [-0.4, -0.2) is 24.5 Å². The molecular formula is C15H11FN4O3S2. The molecule has 0 unspecified atom stereocenters. The zero-order valence-corrected chi connectivity index (χ0v) is 14.1. The van der Waals surface area contributed by atoms with Crippen LogP contribution in [0, 0.1) is 5.82 Å². The quantitative estimate of drug-likeness (QED) is 0.711. The van der Waals surface area contributed by atoms with E-state index in [9.17, 15) is 17.6 Å². The maximum atomic E-state index is 13.6. The Labute approximate surface area is 146 Å². The van der Waals surface area contributed by atoms with Crippen LogP contribution in [0.5, 0.6) is 0 Å². The van der Waals surface area contributed by atoms with E-state index >= 15 is 0 Å². The summed E-state index contributed by atoms with van der Waals surface area (Å²) in [5, 5.41) is 10.2. The molecule has 0 atom stereocenters. The lowest BCUT2D eigenvalue weighted by atomic mass is 10.2. The van der Waals surface area contributed by atoms with E-state index < -0.39 is 21.7 Å². The molecule has 1 heterocycles. The van der Waals surface area contributed by atoms with Crippen LogP contribution in [0.1, 0.15) is 10.4 Å². The van der Waals surface area contributed by atoms with Gasteiger partial charge >= 0.3 is 0 Å². The fraction of sp³-hybridized carbons (Fsp3) is 0. The molecule has 2 aromatic carbocycles. The van der Waals surface area contributed by atoms with Gasteiger partial charge in [-0.05, 0) is 36.4 Å². The number of halogens is 1. The van der Waals surface area contributed by atoms with Crippen LogP contribution in [-0.2, 0) is 10.0 Å². The van der Waals surface area contributed by atoms with E-state index in [1.54, 1.807) is 0 Å². The maximum absolute atomic E-state index is 13.6. The van der Waals surface area contributed by atoms with Crippen LogP contribution in [0.4, 0.5) is 15.2 Å². The van der Waals surface area contributed by atoms with Crippen LogP contribution in [0.2, 0.25) is 0 Å². The Kier molecular flexibility index (Phi) is 4.72. The van der Waals surface area contributed by atoms with Crippen molar-refractivity contribution in [3.8, 4) is 0 Å². The molecule has 3 aromatic rings. The molecule has 0 saturated carbocycles. The number of hydrogen-bond donors (Lipinski definition) is 2. The van der Waals surface area contributed by atoms with E-state index in [-0.39, 0.29) is 16.1 Å². The van der Waals surface area contributed by atoms with Crippen LogP contribution in [0.25, 0.3) is 0 Å². The Morgan fingerprint density at radius 2 is 1.80 bits per heavy atom. The smallest absolute Gasteiger partial charge is 0.261 e. The number of amides is 1. The summed E-state index contributed by atoms with van der Waals surface area (Å²) in [6, 6.07) is 10.7. The fourth-order valence-corrected chi connectivity index (χ4v) is 3.44. The molecule has 0 fully saturated rings. The van der Waals surface area contributed by atoms with Gasteiger partial charge in [0.05, 0.1) is 10.6 Å². The van der Waals surface area contributed by atoms with Crippen molar-refractivity contribution in [3.63, 3.8) is 0 Å². The Bertz CT molecular complexity index is 990. The SMILES string of the molecule is O=C(Nc1nncs1)c1ccc(S(=O)(=O)Nc2ccccc2F)cc1. The minimum atomic E-state index is -3.97. The number of nitrogens with zero attached hydrogens (tertiary/aromatic N) is 2. The summed E-state index contributed by atoms with van der Waals surface area (Å²) >= 11 is 1.16. The second-order valence-electron chi connectivity index (χ2n) is 4.81. The van der Waals surface area contributed by atoms with E-state index in [0.29, 0.717) is 5.13 Å². The van der Waals surface area contributed by atoms with Gasteiger partial charge in [0.1, 0.15) is 11.3 Å². The fourth-order valence-electron chi connectivity index (χ4n) is 1.93. The number of anilines is 2. The van der Waals surface area contributed by atoms with Crippen LogP contribution >= 0.6 is 11.3 Å². The van der Waals surface area contributed by atoms with Gasteiger partial charge in [-0.1, -0.05) is 23.5 Å². The predicted octanol–water partition coefficient (Wildman–Crippen LogP) is 2.73. The molecule has 0 bridgehead atoms. The molecule has 128 valence electrons. The molecular weight excluding hydrogens is 367 g/mol. The molecule has 1 amide bonds. The lowest BCUT2D eigenvalue weighted by Gasteiger charge is -2.09. The number of hydrogen-bond acceptors (Lipinski definition) is 6. The number of benzene rings is 2. The zero-order chi connectivity index (χ0) is 17.9. The summed E-state index contributed by atoms with van der Waals surface area (Å²) in [6.45, 7) is 0.